The molecule has 0 unspecified atom stereocenters. The first-order valence-electron chi connectivity index (χ1n) is 5.44. The van der Waals surface area contributed by atoms with Gasteiger partial charge in [-0.3, -0.25) is 15.6 Å². The molecule has 1 rings (SSSR count). The predicted molar refractivity (Wildman–Crippen MR) is 65.5 cm³/mol. The van der Waals surface area contributed by atoms with Gasteiger partial charge in [-0.05, 0) is 13.0 Å². The van der Waals surface area contributed by atoms with Crippen LogP contribution in [0.25, 0.3) is 0 Å². The molecule has 1 aromatic rings. The third-order valence-electron chi connectivity index (χ3n) is 2.33. The Morgan fingerprint density at radius 2 is 2.41 bits per heavy atom. The van der Waals surface area contributed by atoms with Crippen molar-refractivity contribution in [1.82, 2.24) is 9.88 Å². The van der Waals surface area contributed by atoms with Gasteiger partial charge in [0.05, 0.1) is 17.9 Å². The normalized spacial score (nSPS) is 10.1. The molecule has 0 bridgehead atoms. The van der Waals surface area contributed by atoms with Gasteiger partial charge >= 0.3 is 0 Å². The van der Waals surface area contributed by atoms with Gasteiger partial charge in [0.1, 0.15) is 0 Å². The number of nitrogen functional groups attached to an aromatic ring is 1. The molecule has 0 saturated heterocycles. The van der Waals surface area contributed by atoms with Crippen molar-refractivity contribution >= 4 is 11.6 Å². The molecule has 0 fully saturated rings. The van der Waals surface area contributed by atoms with Gasteiger partial charge in [0.15, 0.2) is 0 Å². The quantitative estimate of drug-likeness (QED) is 0.428. The van der Waals surface area contributed by atoms with E-state index in [0.29, 0.717) is 31.0 Å². The fourth-order valence-corrected chi connectivity index (χ4v) is 1.34. The van der Waals surface area contributed by atoms with E-state index in [1.54, 1.807) is 24.2 Å². The van der Waals surface area contributed by atoms with Crippen LogP contribution >= 0.6 is 0 Å². The zero-order chi connectivity index (χ0) is 12.7. The summed E-state index contributed by atoms with van der Waals surface area (Å²) < 4.78 is 5.20. The molecule has 3 N–H and O–H groups in total. The predicted octanol–water partition coefficient (Wildman–Crippen LogP) is 0.476. The topological polar surface area (TPSA) is 80.5 Å². The van der Waals surface area contributed by atoms with Crippen LogP contribution in [0.4, 0.5) is 5.69 Å². The number of hydrogen-bond acceptors (Lipinski definition) is 5. The lowest BCUT2D eigenvalue weighted by Gasteiger charge is -2.18. The molecule has 0 aromatic carbocycles. The first-order chi connectivity index (χ1) is 8.20. The second-order valence-electron chi connectivity index (χ2n) is 3.49. The molecule has 0 atom stereocenters. The Morgan fingerprint density at radius 3 is 3.06 bits per heavy atom. The van der Waals surface area contributed by atoms with Crippen molar-refractivity contribution < 1.29 is 9.53 Å². The van der Waals surface area contributed by atoms with Crippen molar-refractivity contribution in [2.45, 2.75) is 6.92 Å². The van der Waals surface area contributed by atoms with Gasteiger partial charge in [0.25, 0.3) is 5.91 Å². The van der Waals surface area contributed by atoms with Gasteiger partial charge in [0.2, 0.25) is 0 Å². The maximum absolute atomic E-state index is 12.1. The Hall–Kier alpha value is -1.66. The number of aromatic nitrogens is 1. The van der Waals surface area contributed by atoms with E-state index in [1.807, 2.05) is 6.92 Å². The van der Waals surface area contributed by atoms with E-state index in [9.17, 15) is 4.79 Å². The Labute approximate surface area is 101 Å². The van der Waals surface area contributed by atoms with Gasteiger partial charge in [0, 0.05) is 32.6 Å². The number of amides is 1. The minimum absolute atomic E-state index is 0.134. The van der Waals surface area contributed by atoms with Crippen LogP contribution in [-0.4, -0.2) is 42.6 Å². The first kappa shape index (κ1) is 13.4. The summed E-state index contributed by atoms with van der Waals surface area (Å²) in [5, 5.41) is 0. The highest BCUT2D eigenvalue weighted by Gasteiger charge is 2.15. The number of nitrogens with two attached hydrogens (primary N) is 1. The molecule has 0 aliphatic heterocycles. The van der Waals surface area contributed by atoms with Crippen molar-refractivity contribution in [3.63, 3.8) is 0 Å². The minimum Gasteiger partial charge on any atom is -0.380 e. The van der Waals surface area contributed by atoms with E-state index in [-0.39, 0.29) is 5.91 Å². The molecule has 1 heterocycles. The van der Waals surface area contributed by atoms with Crippen molar-refractivity contribution in [3.05, 3.63) is 24.0 Å². The number of carbonyl (C=O) groups is 1. The molecule has 0 aliphatic carbocycles. The molecular weight excluding hydrogens is 220 g/mol. The lowest BCUT2D eigenvalue weighted by atomic mass is 10.2. The average Bonchev–Trinajstić information content (AvgIpc) is 2.38. The molecule has 0 radical (unpaired) electrons. The Kier molecular flexibility index (Phi) is 5.38. The monoisotopic (exact) mass is 238 g/mol. The standard InChI is InChI=1S/C11H18N4O2/c1-3-17-7-6-15(2)11(16)9-8-13-5-4-10(9)14-12/h4-5,8H,3,6-7,12H2,1-2H3,(H,13,14). The molecule has 1 amide bonds. The van der Waals surface area contributed by atoms with Crippen LogP contribution < -0.4 is 11.3 Å². The van der Waals surface area contributed by atoms with Crippen LogP contribution in [0.2, 0.25) is 0 Å². The molecule has 0 aliphatic rings. The SMILES string of the molecule is CCOCCN(C)C(=O)c1cnccc1NN. The van der Waals surface area contributed by atoms with Gasteiger partial charge in [-0.2, -0.15) is 0 Å². The Morgan fingerprint density at radius 1 is 1.65 bits per heavy atom. The molecule has 94 valence electrons. The van der Waals surface area contributed by atoms with Crippen molar-refractivity contribution in [1.29, 1.82) is 0 Å². The highest BCUT2D eigenvalue weighted by atomic mass is 16.5. The fraction of sp³-hybridized carbons (Fsp3) is 0.455. The van der Waals surface area contributed by atoms with Gasteiger partial charge in [-0.15, -0.1) is 0 Å². The maximum atomic E-state index is 12.1. The number of rotatable bonds is 6. The summed E-state index contributed by atoms with van der Waals surface area (Å²) in [5.41, 5.74) is 3.50. The maximum Gasteiger partial charge on any atom is 0.257 e. The third kappa shape index (κ3) is 3.69. The third-order valence-corrected chi connectivity index (χ3v) is 2.33. The van der Waals surface area contributed by atoms with E-state index in [1.165, 1.54) is 6.20 Å². The smallest absolute Gasteiger partial charge is 0.257 e. The zero-order valence-electron chi connectivity index (χ0n) is 10.1. The average molecular weight is 238 g/mol. The van der Waals surface area contributed by atoms with E-state index in [2.05, 4.69) is 10.4 Å². The van der Waals surface area contributed by atoms with Crippen LogP contribution in [0.1, 0.15) is 17.3 Å². The van der Waals surface area contributed by atoms with Gasteiger partial charge in [-0.25, -0.2) is 0 Å². The number of likely N-dealkylation sites (N-methyl/N-ethyl adjacent to an activating group) is 1. The highest BCUT2D eigenvalue weighted by molar-refractivity contribution is 5.99. The number of carbonyl (C=O) groups excluding carboxylic acids is 1. The van der Waals surface area contributed by atoms with E-state index in [4.69, 9.17) is 10.6 Å². The summed E-state index contributed by atoms with van der Waals surface area (Å²) >= 11 is 0. The van der Waals surface area contributed by atoms with E-state index < -0.39 is 0 Å². The van der Waals surface area contributed by atoms with Crippen LogP contribution in [0.15, 0.2) is 18.5 Å². The molecule has 0 saturated carbocycles. The van der Waals surface area contributed by atoms with Gasteiger partial charge < -0.3 is 15.1 Å². The number of ether oxygens (including phenoxy) is 1. The number of hydrogen-bond donors (Lipinski definition) is 2. The summed E-state index contributed by atoms with van der Waals surface area (Å²) in [6.45, 7) is 3.61. The summed E-state index contributed by atoms with van der Waals surface area (Å²) in [7, 11) is 1.72. The van der Waals surface area contributed by atoms with Crippen LogP contribution in [0, 0.1) is 0 Å². The van der Waals surface area contributed by atoms with Crippen LogP contribution in [0.3, 0.4) is 0 Å². The first-order valence-corrected chi connectivity index (χ1v) is 5.44. The summed E-state index contributed by atoms with van der Waals surface area (Å²) in [5.74, 6) is 5.20. The number of nitrogens with one attached hydrogen (secondary N) is 1. The van der Waals surface area contributed by atoms with E-state index >= 15 is 0 Å². The number of anilines is 1. The van der Waals surface area contributed by atoms with Crippen molar-refractivity contribution in [2.75, 3.05) is 32.2 Å². The number of hydrazine groups is 1. The lowest BCUT2D eigenvalue weighted by Crippen LogP contribution is -2.31. The van der Waals surface area contributed by atoms with E-state index in [0.717, 1.165) is 0 Å². The lowest BCUT2D eigenvalue weighted by molar-refractivity contribution is 0.0710. The molecule has 17 heavy (non-hydrogen) atoms. The Balaban J connectivity index is 2.67. The zero-order valence-corrected chi connectivity index (χ0v) is 10.1. The van der Waals surface area contributed by atoms with Crippen LogP contribution in [0.5, 0.6) is 0 Å². The molecular formula is C11H18N4O2. The molecule has 6 heteroatoms. The van der Waals surface area contributed by atoms with Crippen molar-refractivity contribution in [2.24, 2.45) is 5.84 Å². The minimum atomic E-state index is -0.134. The highest BCUT2D eigenvalue weighted by Crippen LogP contribution is 2.13. The number of nitrogens with zero attached hydrogens (tertiary/aromatic N) is 2. The van der Waals surface area contributed by atoms with Crippen LogP contribution in [-0.2, 0) is 4.74 Å². The summed E-state index contributed by atoms with van der Waals surface area (Å²) in [6, 6.07) is 1.66. The molecule has 6 nitrogen and oxygen atoms in total. The second-order valence-corrected chi connectivity index (χ2v) is 3.49. The fourth-order valence-electron chi connectivity index (χ4n) is 1.34. The van der Waals surface area contributed by atoms with Crippen molar-refractivity contribution in [3.8, 4) is 0 Å². The summed E-state index contributed by atoms with van der Waals surface area (Å²) in [4.78, 5) is 17.5. The largest absolute Gasteiger partial charge is 0.380 e. The van der Waals surface area contributed by atoms with Gasteiger partial charge in [-0.1, -0.05) is 0 Å². The second kappa shape index (κ2) is 6.82. The number of pyridine rings is 1. The molecule has 0 spiro atoms. The molecule has 1 aromatic heterocycles. The Bertz CT molecular complexity index is 370. The summed E-state index contributed by atoms with van der Waals surface area (Å²) in [6.07, 6.45) is 3.07.